The Morgan fingerprint density at radius 1 is 1.31 bits per heavy atom. The molecule has 0 spiro atoms. The van der Waals surface area contributed by atoms with Crippen molar-refractivity contribution in [2.24, 2.45) is 0 Å². The summed E-state index contributed by atoms with van der Waals surface area (Å²) in [6, 6.07) is 0.774. The smallest absolute Gasteiger partial charge is 0.285 e. The van der Waals surface area contributed by atoms with Crippen LogP contribution in [0.2, 0.25) is 0 Å². The largest absolute Gasteiger partial charge is 0.307 e. The van der Waals surface area contributed by atoms with Crippen LogP contribution >= 0.6 is 0 Å². The molecule has 1 aromatic carbocycles. The monoisotopic (exact) mass is 186 g/mol. The molecule has 0 fully saturated rings. The van der Waals surface area contributed by atoms with E-state index in [1.54, 1.807) is 0 Å². The molecule has 0 N–H and O–H groups in total. The Hall–Kier alpha value is -1.85. The molecule has 0 aromatic heterocycles. The molecule has 0 heterocycles. The van der Waals surface area contributed by atoms with Crippen molar-refractivity contribution < 1.29 is 18.5 Å². The van der Waals surface area contributed by atoms with Gasteiger partial charge < -0.3 is 0 Å². The molecule has 67 valence electrons. The van der Waals surface area contributed by atoms with Crippen LogP contribution in [0.25, 0.3) is 0 Å². The van der Waals surface area contributed by atoms with Crippen molar-refractivity contribution in [1.29, 1.82) is 0 Å². The molecule has 0 saturated carbocycles. The lowest BCUT2D eigenvalue weighted by atomic mass is 10.2. The summed E-state index contributed by atoms with van der Waals surface area (Å²) < 4.78 is 25.3. The highest BCUT2D eigenvalue weighted by atomic mass is 19.1. The predicted molar refractivity (Wildman–Crippen MR) is 37.8 cm³/mol. The standard InChI is InChI=1S/C7H2F2NO3/c8-5-2-7(10(12)13)6(9)1-4(5)3-11/h1-2H. The first-order valence-electron chi connectivity index (χ1n) is 3.08. The Morgan fingerprint density at radius 3 is 2.38 bits per heavy atom. The van der Waals surface area contributed by atoms with Crippen molar-refractivity contribution in [2.75, 3.05) is 0 Å². The Labute approximate surface area is 70.9 Å². The second-order valence-corrected chi connectivity index (χ2v) is 2.14. The Kier molecular flexibility index (Phi) is 2.32. The van der Waals surface area contributed by atoms with Crippen molar-refractivity contribution in [2.45, 2.75) is 0 Å². The summed E-state index contributed by atoms with van der Waals surface area (Å²) in [4.78, 5) is 19.0. The van der Waals surface area contributed by atoms with Gasteiger partial charge in [0.1, 0.15) is 5.82 Å². The van der Waals surface area contributed by atoms with Crippen LogP contribution in [0, 0.1) is 21.7 Å². The minimum Gasteiger partial charge on any atom is -0.285 e. The highest BCUT2D eigenvalue weighted by Crippen LogP contribution is 2.19. The summed E-state index contributed by atoms with van der Waals surface area (Å²) >= 11 is 0. The molecular weight excluding hydrogens is 184 g/mol. The molecule has 0 atom stereocenters. The maximum absolute atomic E-state index is 12.7. The summed E-state index contributed by atoms with van der Waals surface area (Å²) in [5.74, 6) is -2.42. The fourth-order valence-electron chi connectivity index (χ4n) is 0.754. The van der Waals surface area contributed by atoms with Crippen molar-refractivity contribution in [3.05, 3.63) is 39.4 Å². The number of hydrogen-bond acceptors (Lipinski definition) is 3. The molecule has 4 nitrogen and oxygen atoms in total. The molecule has 0 bridgehead atoms. The first-order chi connectivity index (χ1) is 6.06. The summed E-state index contributed by atoms with van der Waals surface area (Å²) in [6.45, 7) is 0. The Morgan fingerprint density at radius 2 is 1.92 bits per heavy atom. The van der Waals surface area contributed by atoms with E-state index in [0.717, 1.165) is 6.29 Å². The third-order valence-electron chi connectivity index (χ3n) is 1.34. The average Bonchev–Trinajstić information content (AvgIpc) is 2.07. The molecule has 0 aliphatic heterocycles. The molecule has 0 amide bonds. The van der Waals surface area contributed by atoms with Crippen molar-refractivity contribution >= 4 is 12.0 Å². The van der Waals surface area contributed by atoms with Crippen LogP contribution in [-0.4, -0.2) is 11.2 Å². The lowest BCUT2D eigenvalue weighted by Gasteiger charge is -1.95. The first-order valence-corrected chi connectivity index (χ1v) is 3.08. The topological polar surface area (TPSA) is 60.2 Å². The van der Waals surface area contributed by atoms with Gasteiger partial charge >= 0.3 is 5.69 Å². The van der Waals surface area contributed by atoms with Gasteiger partial charge in [0.25, 0.3) is 0 Å². The van der Waals surface area contributed by atoms with E-state index in [-0.39, 0.29) is 0 Å². The van der Waals surface area contributed by atoms with Gasteiger partial charge in [0.15, 0.2) is 0 Å². The summed E-state index contributed by atoms with van der Waals surface area (Å²) in [5.41, 5.74) is -1.67. The molecule has 0 saturated heterocycles. The number of nitro benzene ring substituents is 1. The highest BCUT2D eigenvalue weighted by molar-refractivity contribution is 5.76. The number of carbonyl (C=O) groups excluding carboxylic acids is 1. The van der Waals surface area contributed by atoms with E-state index >= 15 is 0 Å². The van der Waals surface area contributed by atoms with Crippen LogP contribution in [-0.2, 0) is 4.79 Å². The van der Waals surface area contributed by atoms with E-state index in [1.807, 2.05) is 0 Å². The molecule has 0 aliphatic rings. The van der Waals surface area contributed by atoms with Gasteiger partial charge in [0, 0.05) is 0 Å². The third kappa shape index (κ3) is 1.66. The average molecular weight is 186 g/mol. The van der Waals surface area contributed by atoms with Gasteiger partial charge in [-0.25, -0.2) is 4.39 Å². The van der Waals surface area contributed by atoms with Gasteiger partial charge in [-0.1, -0.05) is 0 Å². The lowest BCUT2D eigenvalue weighted by molar-refractivity contribution is -0.387. The van der Waals surface area contributed by atoms with Crippen LogP contribution in [0.15, 0.2) is 12.1 Å². The van der Waals surface area contributed by atoms with E-state index in [9.17, 15) is 23.7 Å². The quantitative estimate of drug-likeness (QED) is 0.517. The zero-order valence-corrected chi connectivity index (χ0v) is 6.08. The van der Waals surface area contributed by atoms with Crippen molar-refractivity contribution in [1.82, 2.24) is 0 Å². The zero-order valence-electron chi connectivity index (χ0n) is 6.08. The van der Waals surface area contributed by atoms with Crippen LogP contribution in [0.4, 0.5) is 14.5 Å². The van der Waals surface area contributed by atoms with E-state index in [1.165, 1.54) is 0 Å². The van der Waals surface area contributed by atoms with Crippen LogP contribution < -0.4 is 0 Å². The molecule has 6 heteroatoms. The predicted octanol–water partition coefficient (Wildman–Crippen LogP) is 1.33. The molecular formula is C7H2F2NO3. The van der Waals surface area contributed by atoms with Crippen molar-refractivity contribution in [3.8, 4) is 0 Å². The molecule has 1 rings (SSSR count). The fourth-order valence-corrected chi connectivity index (χ4v) is 0.754. The van der Waals surface area contributed by atoms with Crippen LogP contribution in [0.1, 0.15) is 5.56 Å². The van der Waals surface area contributed by atoms with Gasteiger partial charge in [-0.05, 0) is 6.07 Å². The summed E-state index contributed by atoms with van der Waals surface area (Å²) in [5, 5.41) is 10.1. The molecule has 1 aromatic rings. The Bertz CT molecular complexity index is 378. The van der Waals surface area contributed by atoms with Crippen LogP contribution in [0.5, 0.6) is 0 Å². The van der Waals surface area contributed by atoms with E-state index < -0.39 is 27.8 Å². The van der Waals surface area contributed by atoms with Gasteiger partial charge in [-0.2, -0.15) is 4.39 Å². The number of benzene rings is 1. The van der Waals surface area contributed by atoms with Gasteiger partial charge in [0.2, 0.25) is 12.1 Å². The molecule has 13 heavy (non-hydrogen) atoms. The minimum atomic E-state index is -1.26. The normalized spacial score (nSPS) is 9.69. The summed E-state index contributed by atoms with van der Waals surface area (Å²) in [6.07, 6.45) is 1.11. The lowest BCUT2D eigenvalue weighted by Crippen LogP contribution is -1.97. The summed E-state index contributed by atoms with van der Waals surface area (Å²) in [7, 11) is 0. The number of rotatable bonds is 2. The number of nitrogens with zero attached hydrogens (tertiary/aromatic N) is 1. The fraction of sp³-hybridized carbons (Fsp3) is 0. The van der Waals surface area contributed by atoms with E-state index in [2.05, 4.69) is 0 Å². The first kappa shape index (κ1) is 9.24. The number of nitro groups is 1. The van der Waals surface area contributed by atoms with E-state index in [0.29, 0.717) is 12.1 Å². The number of hydrogen-bond donors (Lipinski definition) is 0. The van der Waals surface area contributed by atoms with E-state index in [4.69, 9.17) is 0 Å². The van der Waals surface area contributed by atoms with Crippen LogP contribution in [0.3, 0.4) is 0 Å². The van der Waals surface area contributed by atoms with Gasteiger partial charge in [-0.15, -0.1) is 0 Å². The maximum Gasteiger partial charge on any atom is 0.307 e. The third-order valence-corrected chi connectivity index (χ3v) is 1.34. The van der Waals surface area contributed by atoms with Gasteiger partial charge in [0.05, 0.1) is 16.6 Å². The molecule has 0 aliphatic carbocycles. The minimum absolute atomic E-state index is 0.343. The second-order valence-electron chi connectivity index (χ2n) is 2.14. The maximum atomic E-state index is 12.7. The second kappa shape index (κ2) is 3.26. The van der Waals surface area contributed by atoms with Gasteiger partial charge in [-0.3, -0.25) is 14.9 Å². The van der Waals surface area contributed by atoms with Crippen molar-refractivity contribution in [3.63, 3.8) is 0 Å². The highest BCUT2D eigenvalue weighted by Gasteiger charge is 2.18. The molecule has 0 unspecified atom stereocenters. The Balaban J connectivity index is 3.36. The zero-order chi connectivity index (χ0) is 10.0. The number of halogens is 2. The molecule has 1 radical (unpaired) electrons. The SMILES string of the molecule is O=[C]c1cc(F)c([N+](=O)[O-])cc1F.